The summed E-state index contributed by atoms with van der Waals surface area (Å²) in [4.78, 5) is 21.4. The molecule has 2 aliphatic rings. The summed E-state index contributed by atoms with van der Waals surface area (Å²) in [6.45, 7) is 4.13. The highest BCUT2D eigenvalue weighted by molar-refractivity contribution is 7.88. The number of hydrogen-bond acceptors (Lipinski definition) is 6. The van der Waals surface area contributed by atoms with Crippen LogP contribution in [0.3, 0.4) is 0 Å². The van der Waals surface area contributed by atoms with Crippen LogP contribution >= 0.6 is 0 Å². The summed E-state index contributed by atoms with van der Waals surface area (Å²) in [5.74, 6) is -0.534. The molecule has 2 aliphatic heterocycles. The summed E-state index contributed by atoms with van der Waals surface area (Å²) in [6.07, 6.45) is 2.75. The molecule has 29 heavy (non-hydrogen) atoms. The van der Waals surface area contributed by atoms with Crippen molar-refractivity contribution in [3.8, 4) is 0 Å². The van der Waals surface area contributed by atoms with E-state index in [2.05, 4.69) is 10.3 Å². The number of sulfonamides is 1. The van der Waals surface area contributed by atoms with E-state index in [-0.39, 0.29) is 5.91 Å². The molecule has 0 spiro atoms. The lowest BCUT2D eigenvalue weighted by atomic mass is 10.1. The van der Waals surface area contributed by atoms with E-state index in [9.17, 15) is 17.6 Å². The van der Waals surface area contributed by atoms with Gasteiger partial charge in [0.25, 0.3) is 5.91 Å². The number of rotatable bonds is 3. The zero-order valence-electron chi connectivity index (χ0n) is 16.3. The molecule has 0 bridgehead atoms. The van der Waals surface area contributed by atoms with Crippen LogP contribution in [0.2, 0.25) is 0 Å². The minimum Gasteiger partial charge on any atom is -0.368 e. The number of amides is 1. The topological polar surface area (TPSA) is 85.9 Å². The van der Waals surface area contributed by atoms with Crippen LogP contribution in [0.15, 0.2) is 24.4 Å². The third-order valence-corrected chi connectivity index (χ3v) is 6.76. The molecular formula is C19H24FN5O3S. The molecule has 0 radical (unpaired) electrons. The van der Waals surface area contributed by atoms with Crippen LogP contribution in [0, 0.1) is 5.82 Å². The molecule has 0 saturated carbocycles. The van der Waals surface area contributed by atoms with Crippen LogP contribution < -0.4 is 10.2 Å². The number of piperazine rings is 2. The molecule has 1 N–H and O–H groups in total. The first-order chi connectivity index (χ1) is 13.8. The lowest BCUT2D eigenvalue weighted by Crippen LogP contribution is -2.49. The monoisotopic (exact) mass is 421 g/mol. The lowest BCUT2D eigenvalue weighted by Gasteiger charge is -2.37. The van der Waals surface area contributed by atoms with Crippen LogP contribution in [0.4, 0.5) is 10.1 Å². The van der Waals surface area contributed by atoms with Crippen molar-refractivity contribution < 1.29 is 17.6 Å². The number of benzene rings is 1. The Labute approximate surface area is 169 Å². The molecule has 1 aromatic carbocycles. The average Bonchev–Trinajstić information content (AvgIpc) is 2.72. The van der Waals surface area contributed by atoms with Gasteiger partial charge in [-0.15, -0.1) is 0 Å². The van der Waals surface area contributed by atoms with Crippen molar-refractivity contribution in [1.29, 1.82) is 0 Å². The van der Waals surface area contributed by atoms with Gasteiger partial charge in [-0.2, -0.15) is 4.31 Å². The van der Waals surface area contributed by atoms with Crippen molar-refractivity contribution in [2.75, 3.05) is 63.5 Å². The molecule has 2 saturated heterocycles. The summed E-state index contributed by atoms with van der Waals surface area (Å²) in [6, 6.07) is 4.34. The number of carbonyl (C=O) groups excluding carboxylic acids is 1. The third kappa shape index (κ3) is 4.05. The summed E-state index contributed by atoms with van der Waals surface area (Å²) >= 11 is 0. The van der Waals surface area contributed by atoms with E-state index in [1.54, 1.807) is 17.2 Å². The van der Waals surface area contributed by atoms with Crippen LogP contribution in [0.25, 0.3) is 10.9 Å². The Kier molecular flexibility index (Phi) is 5.41. The van der Waals surface area contributed by atoms with Gasteiger partial charge in [0.15, 0.2) is 0 Å². The van der Waals surface area contributed by atoms with Crippen molar-refractivity contribution >= 4 is 32.5 Å². The second kappa shape index (κ2) is 7.85. The Hall–Kier alpha value is -2.30. The fourth-order valence-corrected chi connectivity index (χ4v) is 4.76. The molecule has 2 fully saturated rings. The van der Waals surface area contributed by atoms with Crippen LogP contribution in [0.1, 0.15) is 10.4 Å². The minimum absolute atomic E-state index is 0.134. The molecular weight excluding hydrogens is 397 g/mol. The number of aromatic nitrogens is 1. The van der Waals surface area contributed by atoms with Gasteiger partial charge in [-0.25, -0.2) is 12.8 Å². The lowest BCUT2D eigenvalue weighted by molar-refractivity contribution is 0.0736. The van der Waals surface area contributed by atoms with Crippen LogP contribution in [0.5, 0.6) is 0 Å². The normalized spacial score (nSPS) is 19.0. The largest absolute Gasteiger partial charge is 0.368 e. The number of halogens is 1. The molecule has 2 aromatic rings. The summed E-state index contributed by atoms with van der Waals surface area (Å²) in [5, 5.41) is 3.79. The van der Waals surface area contributed by atoms with Gasteiger partial charge in [-0.05, 0) is 18.2 Å². The van der Waals surface area contributed by atoms with Gasteiger partial charge in [0.1, 0.15) is 5.82 Å². The van der Waals surface area contributed by atoms with Crippen molar-refractivity contribution in [3.63, 3.8) is 0 Å². The van der Waals surface area contributed by atoms with Gasteiger partial charge < -0.3 is 15.1 Å². The second-order valence-corrected chi connectivity index (χ2v) is 9.36. The number of carbonyl (C=O) groups is 1. The van der Waals surface area contributed by atoms with Crippen molar-refractivity contribution in [1.82, 2.24) is 19.5 Å². The molecule has 4 rings (SSSR count). The fourth-order valence-electron chi connectivity index (χ4n) is 3.93. The predicted octanol–water partition coefficient (Wildman–Crippen LogP) is 0.501. The molecule has 156 valence electrons. The Morgan fingerprint density at radius 3 is 2.45 bits per heavy atom. The van der Waals surface area contributed by atoms with E-state index in [0.29, 0.717) is 61.4 Å². The maximum atomic E-state index is 14.1. The highest BCUT2D eigenvalue weighted by Crippen LogP contribution is 2.32. The number of anilines is 1. The maximum absolute atomic E-state index is 14.1. The predicted molar refractivity (Wildman–Crippen MR) is 109 cm³/mol. The first-order valence-electron chi connectivity index (χ1n) is 9.63. The molecule has 0 aliphatic carbocycles. The third-order valence-electron chi connectivity index (χ3n) is 5.46. The number of nitrogens with one attached hydrogen (secondary N) is 1. The van der Waals surface area contributed by atoms with Crippen LogP contribution in [-0.4, -0.2) is 87.1 Å². The number of nitrogens with zero attached hydrogens (tertiary/aromatic N) is 4. The fraction of sp³-hybridized carbons (Fsp3) is 0.474. The number of hydrogen-bond donors (Lipinski definition) is 1. The van der Waals surface area contributed by atoms with Gasteiger partial charge in [0, 0.05) is 63.9 Å². The van der Waals surface area contributed by atoms with E-state index in [1.807, 2.05) is 4.90 Å². The Morgan fingerprint density at radius 2 is 1.79 bits per heavy atom. The van der Waals surface area contributed by atoms with Crippen LogP contribution in [-0.2, 0) is 10.0 Å². The minimum atomic E-state index is -3.27. The zero-order valence-corrected chi connectivity index (χ0v) is 17.1. The van der Waals surface area contributed by atoms with E-state index in [4.69, 9.17) is 0 Å². The molecule has 3 heterocycles. The van der Waals surface area contributed by atoms with Gasteiger partial charge in [0.2, 0.25) is 10.0 Å². The number of fused-ring (bicyclic) bond motifs is 1. The molecule has 8 nitrogen and oxygen atoms in total. The van der Waals surface area contributed by atoms with E-state index in [1.165, 1.54) is 22.7 Å². The standard InChI is InChI=1S/C19H24FN5O3S/c1-29(27,28)25-10-8-23(9-11-25)18-15-12-14(20)2-3-17(15)22-13-16(18)19(26)24-6-4-21-5-7-24/h2-3,12-13,21H,4-11H2,1H3. The Morgan fingerprint density at radius 1 is 1.10 bits per heavy atom. The molecule has 0 atom stereocenters. The quantitative estimate of drug-likeness (QED) is 0.777. The van der Waals surface area contributed by atoms with Crippen molar-refractivity contribution in [3.05, 3.63) is 35.8 Å². The Bertz CT molecular complexity index is 1030. The summed E-state index contributed by atoms with van der Waals surface area (Å²) in [5.41, 5.74) is 1.66. The van der Waals surface area contributed by atoms with Crippen molar-refractivity contribution in [2.24, 2.45) is 0 Å². The van der Waals surface area contributed by atoms with Gasteiger partial charge in [-0.1, -0.05) is 0 Å². The van der Waals surface area contributed by atoms with Gasteiger partial charge >= 0.3 is 0 Å². The van der Waals surface area contributed by atoms with E-state index >= 15 is 0 Å². The highest BCUT2D eigenvalue weighted by atomic mass is 32.2. The SMILES string of the molecule is CS(=O)(=O)N1CCN(c2c(C(=O)N3CCNCC3)cnc3ccc(F)cc23)CC1. The smallest absolute Gasteiger partial charge is 0.257 e. The van der Waals surface area contributed by atoms with Gasteiger partial charge in [0.05, 0.1) is 23.0 Å². The molecule has 1 amide bonds. The summed E-state index contributed by atoms with van der Waals surface area (Å²) < 4.78 is 39.2. The highest BCUT2D eigenvalue weighted by Gasteiger charge is 2.29. The first kappa shape index (κ1) is 20.0. The van der Waals surface area contributed by atoms with E-state index < -0.39 is 15.8 Å². The van der Waals surface area contributed by atoms with Gasteiger partial charge in [-0.3, -0.25) is 9.78 Å². The van der Waals surface area contributed by atoms with Crippen molar-refractivity contribution in [2.45, 2.75) is 0 Å². The number of pyridine rings is 1. The summed E-state index contributed by atoms with van der Waals surface area (Å²) in [7, 11) is -3.27. The molecule has 1 aromatic heterocycles. The van der Waals surface area contributed by atoms with E-state index in [0.717, 1.165) is 13.1 Å². The molecule has 0 unspecified atom stereocenters. The Balaban J connectivity index is 1.75. The second-order valence-electron chi connectivity index (χ2n) is 7.37. The average molecular weight is 421 g/mol. The maximum Gasteiger partial charge on any atom is 0.257 e. The zero-order chi connectivity index (χ0) is 20.6. The first-order valence-corrected chi connectivity index (χ1v) is 11.5. The molecule has 10 heteroatoms.